The molecule has 1 aromatic heterocycles. The molecule has 0 saturated heterocycles. The van der Waals surface area contributed by atoms with Crippen LogP contribution >= 0.6 is 0 Å². The van der Waals surface area contributed by atoms with E-state index in [1.807, 2.05) is 0 Å². The van der Waals surface area contributed by atoms with E-state index >= 15 is 0 Å². The van der Waals surface area contributed by atoms with Crippen molar-refractivity contribution in [3.05, 3.63) is 39.9 Å². The monoisotopic (exact) mass is 305 g/mol. The number of carbonyl (C=O) groups excluding carboxylic acids is 1. The van der Waals surface area contributed by atoms with E-state index in [-0.39, 0.29) is 35.2 Å². The number of amides is 1. The number of aromatic nitrogens is 2. The summed E-state index contributed by atoms with van der Waals surface area (Å²) in [7, 11) is 0. The summed E-state index contributed by atoms with van der Waals surface area (Å²) in [6.07, 6.45) is 2.96. The quantitative estimate of drug-likeness (QED) is 0.784. The Hall–Kier alpha value is -2.28. The molecule has 1 aliphatic rings. The Morgan fingerprint density at radius 2 is 2.27 bits per heavy atom. The van der Waals surface area contributed by atoms with Crippen molar-refractivity contribution in [1.29, 1.82) is 0 Å². The van der Waals surface area contributed by atoms with Gasteiger partial charge in [-0.15, -0.1) is 0 Å². The van der Waals surface area contributed by atoms with E-state index in [1.165, 1.54) is 18.2 Å². The molecule has 1 fully saturated rings. The van der Waals surface area contributed by atoms with Crippen molar-refractivity contribution < 1.29 is 14.3 Å². The smallest absolute Gasteiger partial charge is 0.276 e. The van der Waals surface area contributed by atoms with Gasteiger partial charge < -0.3 is 10.4 Å². The molecule has 6 nitrogen and oxygen atoms in total. The van der Waals surface area contributed by atoms with Crippen molar-refractivity contribution in [2.45, 2.75) is 25.3 Å². The first-order valence-electron chi connectivity index (χ1n) is 7.20. The topological polar surface area (TPSA) is 95.1 Å². The number of hydrogen-bond acceptors (Lipinski definition) is 4. The minimum atomic E-state index is -0.654. The number of rotatable bonds is 4. The molecule has 1 atom stereocenters. The predicted octanol–water partition coefficient (Wildman–Crippen LogP) is 0.953. The van der Waals surface area contributed by atoms with Gasteiger partial charge in [-0.05, 0) is 30.9 Å². The second-order valence-corrected chi connectivity index (χ2v) is 5.52. The Kier molecular flexibility index (Phi) is 3.89. The van der Waals surface area contributed by atoms with Crippen LogP contribution in [0, 0.1) is 11.7 Å². The number of halogens is 1. The van der Waals surface area contributed by atoms with Crippen molar-refractivity contribution in [2.24, 2.45) is 5.92 Å². The van der Waals surface area contributed by atoms with Crippen molar-refractivity contribution in [3.63, 3.8) is 0 Å². The van der Waals surface area contributed by atoms with Gasteiger partial charge in [0, 0.05) is 0 Å². The van der Waals surface area contributed by atoms with E-state index in [0.29, 0.717) is 0 Å². The van der Waals surface area contributed by atoms with Gasteiger partial charge in [0.1, 0.15) is 11.3 Å². The molecule has 1 aliphatic carbocycles. The molecule has 3 N–H and O–H groups in total. The molecule has 1 unspecified atom stereocenters. The molecule has 0 radical (unpaired) electrons. The average Bonchev–Trinajstić information content (AvgIpc) is 2.45. The van der Waals surface area contributed by atoms with Crippen LogP contribution in [-0.4, -0.2) is 33.9 Å². The van der Waals surface area contributed by atoms with Crippen LogP contribution < -0.4 is 10.7 Å². The van der Waals surface area contributed by atoms with Crippen LogP contribution in [-0.2, 0) is 0 Å². The van der Waals surface area contributed by atoms with Crippen LogP contribution in [0.3, 0.4) is 0 Å². The standard InChI is InChI=1S/C15H16FN3O3/c16-10-6-2-5-9-12(10)18-19-13(14(9)21)15(22)17-11(7-20)8-3-1-4-8/h2,5-6,8,11,20H,1,3-4,7H2,(H,17,22)(H,18,21). The molecule has 0 aliphatic heterocycles. The number of aliphatic hydroxyl groups excluding tert-OH is 1. The van der Waals surface area contributed by atoms with Gasteiger partial charge in [-0.1, -0.05) is 12.5 Å². The zero-order valence-electron chi connectivity index (χ0n) is 11.8. The molecular weight excluding hydrogens is 289 g/mol. The first-order chi connectivity index (χ1) is 10.6. The maximum Gasteiger partial charge on any atom is 0.276 e. The van der Waals surface area contributed by atoms with Crippen LogP contribution in [0.5, 0.6) is 0 Å². The average molecular weight is 305 g/mol. The summed E-state index contributed by atoms with van der Waals surface area (Å²) in [4.78, 5) is 24.5. The van der Waals surface area contributed by atoms with Crippen LogP contribution in [0.15, 0.2) is 23.0 Å². The Labute approximate surface area is 125 Å². The molecule has 3 rings (SSSR count). The normalized spacial score (nSPS) is 16.3. The number of hydrogen-bond donors (Lipinski definition) is 3. The Bertz CT molecular complexity index is 770. The number of nitrogens with one attached hydrogen (secondary N) is 2. The highest BCUT2D eigenvalue weighted by atomic mass is 19.1. The Balaban J connectivity index is 1.91. The summed E-state index contributed by atoms with van der Waals surface area (Å²) in [5.74, 6) is -1.03. The number of carbonyl (C=O) groups is 1. The van der Waals surface area contributed by atoms with E-state index in [9.17, 15) is 19.1 Å². The number of para-hydroxylation sites is 1. The van der Waals surface area contributed by atoms with Gasteiger partial charge in [0.25, 0.3) is 5.91 Å². The van der Waals surface area contributed by atoms with Crippen LogP contribution in [0.25, 0.3) is 10.9 Å². The summed E-state index contributed by atoms with van der Waals surface area (Å²) >= 11 is 0. The lowest BCUT2D eigenvalue weighted by Crippen LogP contribution is -2.46. The highest BCUT2D eigenvalue weighted by molar-refractivity contribution is 5.95. The van der Waals surface area contributed by atoms with Gasteiger partial charge in [0.15, 0.2) is 5.69 Å². The molecule has 0 spiro atoms. The van der Waals surface area contributed by atoms with Gasteiger partial charge in [-0.25, -0.2) is 4.39 Å². The van der Waals surface area contributed by atoms with E-state index in [2.05, 4.69) is 15.5 Å². The Morgan fingerprint density at radius 1 is 1.50 bits per heavy atom. The number of fused-ring (bicyclic) bond motifs is 1. The largest absolute Gasteiger partial charge is 0.394 e. The number of benzene rings is 1. The van der Waals surface area contributed by atoms with Crippen LogP contribution in [0.2, 0.25) is 0 Å². The van der Waals surface area contributed by atoms with Gasteiger partial charge in [-0.3, -0.25) is 14.7 Å². The van der Waals surface area contributed by atoms with Gasteiger partial charge >= 0.3 is 0 Å². The Morgan fingerprint density at radius 3 is 2.91 bits per heavy atom. The number of aliphatic hydroxyl groups is 1. The van der Waals surface area contributed by atoms with Crippen LogP contribution in [0.1, 0.15) is 29.8 Å². The lowest BCUT2D eigenvalue weighted by Gasteiger charge is -2.32. The fourth-order valence-corrected chi connectivity index (χ4v) is 2.66. The highest BCUT2D eigenvalue weighted by Crippen LogP contribution is 2.29. The van der Waals surface area contributed by atoms with Gasteiger partial charge in [-0.2, -0.15) is 5.10 Å². The van der Waals surface area contributed by atoms with Crippen molar-refractivity contribution >= 4 is 16.8 Å². The van der Waals surface area contributed by atoms with E-state index in [1.54, 1.807) is 0 Å². The minimum absolute atomic E-state index is 0.0262. The molecule has 1 amide bonds. The second-order valence-electron chi connectivity index (χ2n) is 5.52. The third-order valence-electron chi connectivity index (χ3n) is 4.20. The number of H-pyrrole nitrogens is 1. The molecule has 1 saturated carbocycles. The van der Waals surface area contributed by atoms with Crippen molar-refractivity contribution in [1.82, 2.24) is 15.5 Å². The van der Waals surface area contributed by atoms with Crippen LogP contribution in [0.4, 0.5) is 4.39 Å². The highest BCUT2D eigenvalue weighted by Gasteiger charge is 2.29. The van der Waals surface area contributed by atoms with Crippen molar-refractivity contribution in [3.8, 4) is 0 Å². The third-order valence-corrected chi connectivity index (χ3v) is 4.20. The zero-order valence-corrected chi connectivity index (χ0v) is 11.8. The lowest BCUT2D eigenvalue weighted by atomic mass is 9.80. The molecule has 116 valence electrons. The van der Waals surface area contributed by atoms with E-state index in [4.69, 9.17) is 0 Å². The van der Waals surface area contributed by atoms with Gasteiger partial charge in [0.05, 0.1) is 18.0 Å². The second kappa shape index (κ2) is 5.84. The first kappa shape index (κ1) is 14.6. The van der Waals surface area contributed by atoms with E-state index in [0.717, 1.165) is 19.3 Å². The van der Waals surface area contributed by atoms with E-state index < -0.39 is 17.2 Å². The molecule has 22 heavy (non-hydrogen) atoms. The zero-order chi connectivity index (χ0) is 15.7. The first-order valence-corrected chi connectivity index (χ1v) is 7.20. The summed E-state index contributed by atoms with van der Waals surface area (Å²) < 4.78 is 13.6. The molecule has 7 heteroatoms. The molecule has 1 aromatic carbocycles. The molecule has 1 heterocycles. The fourth-order valence-electron chi connectivity index (χ4n) is 2.66. The fraction of sp³-hybridized carbons (Fsp3) is 0.400. The number of aromatic amines is 1. The lowest BCUT2D eigenvalue weighted by molar-refractivity contribution is 0.0838. The summed E-state index contributed by atoms with van der Waals surface area (Å²) in [5, 5.41) is 18.2. The maximum atomic E-state index is 13.6. The minimum Gasteiger partial charge on any atom is -0.394 e. The molecule has 2 aromatic rings. The van der Waals surface area contributed by atoms with Crippen molar-refractivity contribution in [2.75, 3.05) is 6.61 Å². The maximum absolute atomic E-state index is 13.6. The summed E-state index contributed by atoms with van der Waals surface area (Å²) in [6, 6.07) is 3.66. The predicted molar refractivity (Wildman–Crippen MR) is 78.0 cm³/mol. The third kappa shape index (κ3) is 2.48. The molecular formula is C15H16FN3O3. The number of nitrogens with zero attached hydrogens (tertiary/aromatic N) is 1. The summed E-state index contributed by atoms with van der Waals surface area (Å²) in [6.45, 7) is -0.184. The summed E-state index contributed by atoms with van der Waals surface area (Å²) in [5.41, 5.74) is -0.978. The SMILES string of the molecule is O=C(NC(CO)C1CCC1)c1n[nH]c2c(F)cccc2c1=O. The van der Waals surface area contributed by atoms with Gasteiger partial charge in [0.2, 0.25) is 5.43 Å². The molecule has 0 bridgehead atoms.